The van der Waals surface area contributed by atoms with Gasteiger partial charge in [-0.15, -0.1) is 0 Å². The number of ether oxygens (including phenoxy) is 1. The van der Waals surface area contributed by atoms with Crippen molar-refractivity contribution >= 4 is 0 Å². The van der Waals surface area contributed by atoms with E-state index in [2.05, 4.69) is 10.1 Å². The molecule has 0 fully saturated rings. The number of nitrogens with zero attached hydrogens (tertiary/aromatic N) is 2. The molecule has 2 aromatic heterocycles. The van der Waals surface area contributed by atoms with Crippen molar-refractivity contribution in [3.8, 4) is 33.9 Å². The lowest BCUT2D eigenvalue weighted by Crippen LogP contribution is -2.06. The lowest BCUT2D eigenvalue weighted by molar-refractivity contribution is -0.141. The molecule has 0 amide bonds. The second-order valence-electron chi connectivity index (χ2n) is 7.49. The van der Waals surface area contributed by atoms with Gasteiger partial charge in [0.15, 0.2) is 0 Å². The Morgan fingerprint density at radius 2 is 1.75 bits per heavy atom. The summed E-state index contributed by atoms with van der Waals surface area (Å²) >= 11 is 0. The molecule has 0 aliphatic rings. The standard InChI is InChI=1S/C21H19F6N3O2/c1-11(2)5-6-32-16-4-3-14(15-8-17(30-29-15)21(25,26)27)19(31)18(16)12-7-13(10-28-9-12)20(22,23)24/h3-4,7-11,31H,5-6H2,1-2H3,(H,29,30). The number of pyridine rings is 1. The van der Waals surface area contributed by atoms with Crippen molar-refractivity contribution in [3.05, 3.63) is 47.9 Å². The number of hydrogen-bond donors (Lipinski definition) is 2. The summed E-state index contributed by atoms with van der Waals surface area (Å²) in [6, 6.07) is 4.14. The van der Waals surface area contributed by atoms with Crippen LogP contribution >= 0.6 is 0 Å². The van der Waals surface area contributed by atoms with Crippen LogP contribution in [0.4, 0.5) is 26.3 Å². The van der Waals surface area contributed by atoms with Crippen molar-refractivity contribution in [2.24, 2.45) is 5.92 Å². The summed E-state index contributed by atoms with van der Waals surface area (Å²) in [5.41, 5.74) is -2.75. The van der Waals surface area contributed by atoms with E-state index in [1.165, 1.54) is 12.1 Å². The van der Waals surface area contributed by atoms with Crippen LogP contribution in [0.15, 0.2) is 36.7 Å². The Morgan fingerprint density at radius 1 is 1.03 bits per heavy atom. The smallest absolute Gasteiger partial charge is 0.432 e. The molecule has 2 N–H and O–H groups in total. The van der Waals surface area contributed by atoms with E-state index in [9.17, 15) is 31.4 Å². The summed E-state index contributed by atoms with van der Waals surface area (Å²) in [6.07, 6.45) is -6.99. The SMILES string of the molecule is CC(C)CCOc1ccc(-c2cc(C(F)(F)F)[nH]n2)c(O)c1-c1cncc(C(F)(F)F)c1. The zero-order chi connectivity index (χ0) is 23.7. The van der Waals surface area contributed by atoms with Crippen LogP contribution in [0.3, 0.4) is 0 Å². The molecule has 5 nitrogen and oxygen atoms in total. The quantitative estimate of drug-likeness (QED) is 0.424. The minimum Gasteiger partial charge on any atom is -0.506 e. The topological polar surface area (TPSA) is 71.0 Å². The first-order valence-corrected chi connectivity index (χ1v) is 9.52. The summed E-state index contributed by atoms with van der Waals surface area (Å²) in [5, 5.41) is 16.3. The molecule has 3 rings (SSSR count). The van der Waals surface area contributed by atoms with E-state index in [1.54, 1.807) is 0 Å². The molecule has 0 radical (unpaired) electrons. The lowest BCUT2D eigenvalue weighted by Gasteiger charge is -2.17. The molecule has 0 aliphatic heterocycles. The molecule has 2 heterocycles. The van der Waals surface area contributed by atoms with Gasteiger partial charge in [-0.05, 0) is 36.6 Å². The average molecular weight is 459 g/mol. The highest BCUT2D eigenvalue weighted by atomic mass is 19.4. The van der Waals surface area contributed by atoms with Crippen molar-refractivity contribution in [1.29, 1.82) is 0 Å². The number of aromatic amines is 1. The van der Waals surface area contributed by atoms with E-state index in [4.69, 9.17) is 4.74 Å². The maximum Gasteiger partial charge on any atom is 0.432 e. The Labute approximate surface area is 179 Å². The molecular weight excluding hydrogens is 440 g/mol. The third-order valence-electron chi connectivity index (χ3n) is 4.61. The molecule has 0 bridgehead atoms. The zero-order valence-electron chi connectivity index (χ0n) is 17.0. The minimum absolute atomic E-state index is 0.0691. The third kappa shape index (κ3) is 5.14. The molecule has 3 aromatic rings. The van der Waals surface area contributed by atoms with Gasteiger partial charge >= 0.3 is 12.4 Å². The van der Waals surface area contributed by atoms with Crippen molar-refractivity contribution in [1.82, 2.24) is 15.2 Å². The number of H-pyrrole nitrogens is 1. The van der Waals surface area contributed by atoms with Crippen LogP contribution in [0.5, 0.6) is 11.5 Å². The van der Waals surface area contributed by atoms with E-state index in [1.807, 2.05) is 18.9 Å². The van der Waals surface area contributed by atoms with E-state index >= 15 is 0 Å². The van der Waals surface area contributed by atoms with Gasteiger partial charge in [0.1, 0.15) is 17.2 Å². The second-order valence-corrected chi connectivity index (χ2v) is 7.49. The fourth-order valence-electron chi connectivity index (χ4n) is 2.92. The second kappa shape index (κ2) is 8.71. The maximum atomic E-state index is 13.2. The van der Waals surface area contributed by atoms with Gasteiger partial charge in [-0.2, -0.15) is 31.4 Å². The van der Waals surface area contributed by atoms with Crippen LogP contribution in [0, 0.1) is 5.92 Å². The molecular formula is C21H19F6N3O2. The summed E-state index contributed by atoms with van der Waals surface area (Å²) in [7, 11) is 0. The first-order valence-electron chi connectivity index (χ1n) is 9.52. The van der Waals surface area contributed by atoms with E-state index in [0.29, 0.717) is 18.7 Å². The number of phenols is 1. The zero-order valence-corrected chi connectivity index (χ0v) is 17.0. The van der Waals surface area contributed by atoms with Gasteiger partial charge in [0, 0.05) is 23.5 Å². The van der Waals surface area contributed by atoms with Gasteiger partial charge in [0.2, 0.25) is 0 Å². The highest BCUT2D eigenvalue weighted by molar-refractivity contribution is 5.85. The number of nitrogens with one attached hydrogen (secondary N) is 1. The number of aromatic hydroxyl groups is 1. The van der Waals surface area contributed by atoms with Gasteiger partial charge in [-0.1, -0.05) is 13.8 Å². The Kier molecular flexibility index (Phi) is 6.38. The van der Waals surface area contributed by atoms with Gasteiger partial charge in [0.05, 0.1) is 23.4 Å². The number of halogens is 6. The van der Waals surface area contributed by atoms with Gasteiger partial charge in [-0.25, -0.2) is 0 Å². The van der Waals surface area contributed by atoms with Crippen molar-refractivity contribution in [3.63, 3.8) is 0 Å². The number of aromatic nitrogens is 3. The first-order chi connectivity index (χ1) is 14.9. The molecule has 172 valence electrons. The van der Waals surface area contributed by atoms with E-state index < -0.39 is 29.4 Å². The molecule has 32 heavy (non-hydrogen) atoms. The Bertz CT molecular complexity index is 1090. The summed E-state index contributed by atoms with van der Waals surface area (Å²) in [5.74, 6) is -0.223. The van der Waals surface area contributed by atoms with Crippen LogP contribution in [-0.2, 0) is 12.4 Å². The van der Waals surface area contributed by atoms with Gasteiger partial charge < -0.3 is 9.84 Å². The molecule has 0 unspecified atom stereocenters. The molecule has 11 heteroatoms. The monoisotopic (exact) mass is 459 g/mol. The Hall–Kier alpha value is -3.24. The highest BCUT2D eigenvalue weighted by Crippen LogP contribution is 2.45. The normalized spacial score (nSPS) is 12.4. The maximum absolute atomic E-state index is 13.2. The molecule has 0 aliphatic carbocycles. The first kappa shape index (κ1) is 23.4. The lowest BCUT2D eigenvalue weighted by atomic mass is 9.98. The summed E-state index contributed by atoms with van der Waals surface area (Å²) in [6.45, 7) is 4.13. The van der Waals surface area contributed by atoms with Crippen LogP contribution in [0.2, 0.25) is 0 Å². The number of hydrogen-bond acceptors (Lipinski definition) is 4. The predicted octanol–water partition coefficient (Wildman–Crippen LogP) is 6.31. The van der Waals surface area contributed by atoms with Gasteiger partial charge in [-0.3, -0.25) is 10.1 Å². The Balaban J connectivity index is 2.13. The van der Waals surface area contributed by atoms with Gasteiger partial charge in [0.25, 0.3) is 0 Å². The van der Waals surface area contributed by atoms with Crippen molar-refractivity contribution in [2.45, 2.75) is 32.6 Å². The van der Waals surface area contributed by atoms with Crippen LogP contribution < -0.4 is 4.74 Å². The molecule has 0 saturated heterocycles. The number of alkyl halides is 6. The predicted molar refractivity (Wildman–Crippen MR) is 104 cm³/mol. The largest absolute Gasteiger partial charge is 0.506 e. The minimum atomic E-state index is -4.69. The number of rotatable bonds is 6. The molecule has 0 saturated carbocycles. The molecule has 0 spiro atoms. The van der Waals surface area contributed by atoms with Crippen LogP contribution in [-0.4, -0.2) is 26.9 Å². The number of phenolic OH excluding ortho intramolecular Hbond substituents is 1. The van der Waals surface area contributed by atoms with Crippen LogP contribution in [0.1, 0.15) is 31.5 Å². The molecule has 0 atom stereocenters. The summed E-state index contributed by atoms with van der Waals surface area (Å²) < 4.78 is 84.0. The summed E-state index contributed by atoms with van der Waals surface area (Å²) in [4.78, 5) is 3.60. The third-order valence-corrected chi connectivity index (χ3v) is 4.61. The fourth-order valence-corrected chi connectivity index (χ4v) is 2.92. The fraction of sp³-hybridized carbons (Fsp3) is 0.333. The highest BCUT2D eigenvalue weighted by Gasteiger charge is 2.34. The molecule has 1 aromatic carbocycles. The van der Waals surface area contributed by atoms with Crippen LogP contribution in [0.25, 0.3) is 22.4 Å². The average Bonchev–Trinajstić information content (AvgIpc) is 3.18. The van der Waals surface area contributed by atoms with E-state index in [0.717, 1.165) is 12.3 Å². The van der Waals surface area contributed by atoms with Crippen molar-refractivity contribution < 1.29 is 36.2 Å². The number of benzene rings is 1. The Morgan fingerprint density at radius 3 is 2.34 bits per heavy atom. The van der Waals surface area contributed by atoms with E-state index in [-0.39, 0.29) is 40.7 Å². The van der Waals surface area contributed by atoms with Crippen molar-refractivity contribution in [2.75, 3.05) is 6.61 Å².